The van der Waals surface area contributed by atoms with Crippen molar-refractivity contribution >= 4 is 23.3 Å². The minimum absolute atomic E-state index is 0.0488. The van der Waals surface area contributed by atoms with E-state index in [1.54, 1.807) is 0 Å². The van der Waals surface area contributed by atoms with Gasteiger partial charge < -0.3 is 4.74 Å². The molecule has 3 aromatic carbocycles. The van der Waals surface area contributed by atoms with Crippen molar-refractivity contribution in [3.05, 3.63) is 102 Å². The van der Waals surface area contributed by atoms with E-state index in [0.29, 0.717) is 11.0 Å². The maximum absolute atomic E-state index is 14.1. The van der Waals surface area contributed by atoms with Crippen molar-refractivity contribution in [2.24, 2.45) is 0 Å². The first-order chi connectivity index (χ1) is 16.7. The lowest BCUT2D eigenvalue weighted by Crippen LogP contribution is -2.72. The third kappa shape index (κ3) is 2.31. The zero-order chi connectivity index (χ0) is 22.9. The van der Waals surface area contributed by atoms with E-state index in [9.17, 15) is 9.59 Å². The topological polar surface area (TPSA) is 49.6 Å². The fourth-order valence-corrected chi connectivity index (χ4v) is 6.74. The number of carbonyl (C=O) groups excluding carboxylic acids is 2. The smallest absolute Gasteiger partial charge is 0.327 e. The van der Waals surface area contributed by atoms with Gasteiger partial charge in [-0.2, -0.15) is 9.38 Å². The Balaban J connectivity index is 1.57. The average Bonchev–Trinajstić information content (AvgIpc) is 3.50. The maximum Gasteiger partial charge on any atom is 0.558 e. The fourth-order valence-electron chi connectivity index (χ4n) is 6.74. The predicted molar refractivity (Wildman–Crippen MR) is 126 cm³/mol. The van der Waals surface area contributed by atoms with E-state index in [0.717, 1.165) is 47.5 Å². The lowest BCUT2D eigenvalue weighted by molar-refractivity contribution is -1.08. The average molecular weight is 452 g/mol. The summed E-state index contributed by atoms with van der Waals surface area (Å²) >= 11 is 0. The lowest BCUT2D eigenvalue weighted by atomic mass is 9.97. The monoisotopic (exact) mass is 451 g/mol. The van der Waals surface area contributed by atoms with Gasteiger partial charge in [-0.25, -0.2) is 4.79 Å². The Kier molecular flexibility index (Phi) is 3.98. The van der Waals surface area contributed by atoms with Crippen LogP contribution in [-0.4, -0.2) is 51.8 Å². The van der Waals surface area contributed by atoms with E-state index in [4.69, 9.17) is 4.74 Å². The number of nitrogens with zero attached hydrogens (tertiary/aromatic N) is 3. The molecule has 0 bridgehead atoms. The maximum atomic E-state index is 14.1. The minimum atomic E-state index is -1.22. The van der Waals surface area contributed by atoms with Gasteiger partial charge in [0.25, 0.3) is 12.5 Å². The van der Waals surface area contributed by atoms with Crippen molar-refractivity contribution in [2.75, 3.05) is 18.0 Å². The number of esters is 1. The summed E-state index contributed by atoms with van der Waals surface area (Å²) in [5, 5.41) is 0. The van der Waals surface area contributed by atoms with Gasteiger partial charge in [-0.1, -0.05) is 60.7 Å². The van der Waals surface area contributed by atoms with E-state index in [-0.39, 0.29) is 24.5 Å². The van der Waals surface area contributed by atoms with Gasteiger partial charge in [0, 0.05) is 24.0 Å². The highest BCUT2D eigenvalue weighted by atomic mass is 16.6. The molecule has 34 heavy (non-hydrogen) atoms. The van der Waals surface area contributed by atoms with Crippen LogP contribution in [0, 0.1) is 0 Å². The standard InChI is InChI=1S/C28H25N3O3/c32-25-18-29-26(21-12-5-2-6-13-21)22-14-7-8-15-23(22)30-27(33)24-16-9-17-31(24,28(29,30)34-25)19-20-10-3-1-4-11-20/h1-8,10-15,24H,9,16-19H2/q+2/t24?,28?,31-/m0/s1. The highest BCUT2D eigenvalue weighted by molar-refractivity contribution is 6.17. The number of hydrogen-bond acceptors (Lipinski definition) is 3. The summed E-state index contributed by atoms with van der Waals surface area (Å²) in [7, 11) is 0. The van der Waals surface area contributed by atoms with Crippen molar-refractivity contribution in [1.82, 2.24) is 0 Å². The Morgan fingerprint density at radius 1 is 0.941 bits per heavy atom. The first kappa shape index (κ1) is 19.7. The molecule has 0 aromatic heterocycles. The molecule has 3 aromatic rings. The number of benzene rings is 3. The van der Waals surface area contributed by atoms with Gasteiger partial charge >= 0.3 is 11.9 Å². The van der Waals surface area contributed by atoms with E-state index in [1.165, 1.54) is 0 Å². The van der Waals surface area contributed by atoms with Gasteiger partial charge in [-0.3, -0.25) is 4.79 Å². The van der Waals surface area contributed by atoms with Crippen LogP contribution in [0.15, 0.2) is 84.9 Å². The first-order valence-corrected chi connectivity index (χ1v) is 11.9. The molecule has 3 fully saturated rings. The van der Waals surface area contributed by atoms with Crippen LogP contribution in [0.5, 0.6) is 0 Å². The molecule has 4 heterocycles. The van der Waals surface area contributed by atoms with Crippen molar-refractivity contribution in [1.29, 1.82) is 0 Å². The molecule has 4 aliphatic rings. The molecule has 1 amide bonds. The summed E-state index contributed by atoms with van der Waals surface area (Å²) in [6.45, 7) is 1.52. The minimum Gasteiger partial charge on any atom is -0.327 e. The van der Waals surface area contributed by atoms with Gasteiger partial charge in [-0.05, 0) is 24.3 Å². The van der Waals surface area contributed by atoms with Crippen LogP contribution in [0.4, 0.5) is 5.69 Å². The van der Waals surface area contributed by atoms with Crippen LogP contribution in [0.2, 0.25) is 0 Å². The molecule has 6 heteroatoms. The third-order valence-corrected chi connectivity index (χ3v) is 7.92. The van der Waals surface area contributed by atoms with Crippen molar-refractivity contribution < 1.29 is 23.4 Å². The molecular formula is C28H25N3O3+2. The molecule has 6 nitrogen and oxygen atoms in total. The number of anilines is 1. The number of rotatable bonds is 3. The first-order valence-electron chi connectivity index (χ1n) is 11.9. The Labute approximate surface area is 197 Å². The number of hydrogen-bond donors (Lipinski definition) is 0. The summed E-state index contributed by atoms with van der Waals surface area (Å²) in [6, 6.07) is 28.1. The molecule has 7 rings (SSSR count). The Morgan fingerprint density at radius 2 is 1.65 bits per heavy atom. The van der Waals surface area contributed by atoms with Crippen LogP contribution < -0.4 is 4.90 Å². The van der Waals surface area contributed by atoms with Gasteiger partial charge in [0.1, 0.15) is 6.54 Å². The van der Waals surface area contributed by atoms with Crippen LogP contribution in [0.3, 0.4) is 0 Å². The van der Waals surface area contributed by atoms with Crippen LogP contribution in [0.25, 0.3) is 0 Å². The summed E-state index contributed by atoms with van der Waals surface area (Å²) in [4.78, 5) is 29.1. The third-order valence-electron chi connectivity index (χ3n) is 7.92. The van der Waals surface area contributed by atoms with Crippen molar-refractivity contribution in [3.63, 3.8) is 0 Å². The van der Waals surface area contributed by atoms with Crippen LogP contribution in [0.1, 0.15) is 29.5 Å². The zero-order valence-electron chi connectivity index (χ0n) is 18.8. The highest BCUT2D eigenvalue weighted by Gasteiger charge is 2.85. The van der Waals surface area contributed by atoms with Crippen molar-refractivity contribution in [3.8, 4) is 0 Å². The van der Waals surface area contributed by atoms with Crippen LogP contribution >= 0.6 is 0 Å². The van der Waals surface area contributed by atoms with Gasteiger partial charge in [-0.15, -0.1) is 4.58 Å². The zero-order valence-corrected chi connectivity index (χ0v) is 18.8. The molecule has 0 N–H and O–H groups in total. The quantitative estimate of drug-likeness (QED) is 0.349. The molecule has 3 saturated heterocycles. The molecule has 0 radical (unpaired) electrons. The highest BCUT2D eigenvalue weighted by Crippen LogP contribution is 2.54. The summed E-state index contributed by atoms with van der Waals surface area (Å²) in [6.07, 6.45) is 1.71. The van der Waals surface area contributed by atoms with Crippen molar-refractivity contribution in [2.45, 2.75) is 31.4 Å². The number of ether oxygens (including phenoxy) is 1. The SMILES string of the molecule is O=C1C[N+]2=C(c3ccccc3)c3ccccc3N3C(=O)C4CCC[N@@+]4(Cc4ccccc4)C32O1. The summed E-state index contributed by atoms with van der Waals surface area (Å²) in [5.74, 6) is -1.46. The van der Waals surface area contributed by atoms with Gasteiger partial charge in [0.2, 0.25) is 5.71 Å². The molecule has 168 valence electrons. The Morgan fingerprint density at radius 3 is 2.44 bits per heavy atom. The largest absolute Gasteiger partial charge is 0.558 e. The Hall–Kier alpha value is -3.77. The molecule has 0 aliphatic carbocycles. The number of quaternary nitrogens is 1. The number of fused-ring (bicyclic) bond motifs is 3. The second kappa shape index (κ2) is 6.87. The van der Waals surface area contributed by atoms with E-state index < -0.39 is 5.97 Å². The fraction of sp³-hybridized carbons (Fsp3) is 0.250. The molecule has 0 saturated carbocycles. The van der Waals surface area contributed by atoms with E-state index in [1.807, 2.05) is 65.6 Å². The number of carbonyl (C=O) groups is 2. The summed E-state index contributed by atoms with van der Waals surface area (Å²) < 4.78 is 8.87. The molecule has 2 unspecified atom stereocenters. The van der Waals surface area contributed by atoms with Gasteiger partial charge in [0.15, 0.2) is 6.04 Å². The lowest BCUT2D eigenvalue weighted by Gasteiger charge is -2.42. The Bertz CT molecular complexity index is 1370. The van der Waals surface area contributed by atoms with E-state index in [2.05, 4.69) is 28.8 Å². The second-order valence-corrected chi connectivity index (χ2v) is 9.60. The van der Waals surface area contributed by atoms with Gasteiger partial charge in [0.05, 0.1) is 17.8 Å². The molecular weight excluding hydrogens is 426 g/mol. The van der Waals surface area contributed by atoms with Crippen LogP contribution in [-0.2, 0) is 20.9 Å². The van der Waals surface area contributed by atoms with E-state index >= 15 is 0 Å². The number of amides is 1. The summed E-state index contributed by atoms with van der Waals surface area (Å²) in [5.41, 5.74) is 4.87. The molecule has 1 spiro atoms. The normalized spacial score (nSPS) is 28.9. The molecule has 4 aliphatic heterocycles. The predicted octanol–water partition coefficient (Wildman–Crippen LogP) is 3.24. The molecule has 3 atom stereocenters. The second-order valence-electron chi connectivity index (χ2n) is 9.60. The number of para-hydroxylation sites is 1.